The van der Waals surface area contributed by atoms with Gasteiger partial charge in [-0.1, -0.05) is 11.6 Å². The van der Waals surface area contributed by atoms with E-state index in [1.54, 1.807) is 12.1 Å². The average molecular weight is 341 g/mol. The van der Waals surface area contributed by atoms with E-state index >= 15 is 0 Å². The molecule has 0 spiro atoms. The second-order valence-corrected chi connectivity index (χ2v) is 6.52. The monoisotopic (exact) mass is 340 g/mol. The molecule has 22 heavy (non-hydrogen) atoms. The van der Waals surface area contributed by atoms with Crippen LogP contribution >= 0.6 is 11.6 Å². The number of rotatable bonds is 6. The minimum Gasteiger partial charge on any atom is -0.468 e. The third kappa shape index (κ3) is 3.67. The number of benzene rings is 1. The summed E-state index contributed by atoms with van der Waals surface area (Å²) in [6, 6.07) is 8.45. The maximum atomic E-state index is 12.5. The van der Waals surface area contributed by atoms with Crippen LogP contribution in [0.25, 0.3) is 0 Å². The van der Waals surface area contributed by atoms with Crippen LogP contribution < -0.4 is 4.72 Å². The van der Waals surface area contributed by atoms with E-state index in [2.05, 4.69) is 4.72 Å². The highest BCUT2D eigenvalue weighted by molar-refractivity contribution is 7.89. The highest BCUT2D eigenvalue weighted by atomic mass is 35.5. The van der Waals surface area contributed by atoms with Gasteiger partial charge in [0.25, 0.3) is 0 Å². The Labute approximate surface area is 133 Å². The number of furan rings is 1. The summed E-state index contributed by atoms with van der Waals surface area (Å²) in [4.78, 5) is -0.185. The molecule has 0 fully saturated rings. The number of nitrogens with one attached hydrogen (secondary N) is 1. The maximum absolute atomic E-state index is 12.5. The lowest BCUT2D eigenvalue weighted by Crippen LogP contribution is -2.31. The van der Waals surface area contributed by atoms with Crippen molar-refractivity contribution in [2.75, 3.05) is 13.7 Å². The Hall–Kier alpha value is -1.85. The molecule has 1 aromatic heterocycles. The zero-order valence-corrected chi connectivity index (χ0v) is 13.2. The quantitative estimate of drug-likeness (QED) is 0.872. The van der Waals surface area contributed by atoms with Crippen molar-refractivity contribution in [2.45, 2.75) is 10.9 Å². The van der Waals surface area contributed by atoms with Gasteiger partial charge in [0.2, 0.25) is 10.0 Å². The lowest BCUT2D eigenvalue weighted by atomic mass is 10.2. The number of halogens is 1. The molecule has 2 rings (SSSR count). The van der Waals surface area contributed by atoms with Gasteiger partial charge in [-0.25, -0.2) is 8.42 Å². The minimum atomic E-state index is -3.97. The van der Waals surface area contributed by atoms with Crippen LogP contribution in [0.1, 0.15) is 17.4 Å². The SMILES string of the molecule is COCC(NS(=O)(=O)c1cc(Cl)ccc1C#N)c1ccco1. The second-order valence-electron chi connectivity index (χ2n) is 4.40. The fourth-order valence-corrected chi connectivity index (χ4v) is 3.50. The Balaban J connectivity index is 2.38. The van der Waals surface area contributed by atoms with Gasteiger partial charge < -0.3 is 9.15 Å². The Morgan fingerprint density at radius 1 is 1.45 bits per heavy atom. The minimum absolute atomic E-state index is 0.00696. The number of methoxy groups -OCH3 is 1. The van der Waals surface area contributed by atoms with E-state index < -0.39 is 16.1 Å². The molecule has 0 aliphatic carbocycles. The summed E-state index contributed by atoms with van der Waals surface area (Å²) in [6.45, 7) is 0.0786. The molecule has 6 nitrogen and oxygen atoms in total. The maximum Gasteiger partial charge on any atom is 0.242 e. The molecule has 2 aromatic rings. The normalized spacial score (nSPS) is 12.8. The first-order valence-electron chi connectivity index (χ1n) is 6.22. The van der Waals surface area contributed by atoms with E-state index in [0.717, 1.165) is 0 Å². The fourth-order valence-electron chi connectivity index (χ4n) is 1.89. The first-order chi connectivity index (χ1) is 10.5. The molecule has 0 amide bonds. The van der Waals surface area contributed by atoms with Gasteiger partial charge in [0.1, 0.15) is 22.8 Å². The summed E-state index contributed by atoms with van der Waals surface area (Å²) in [5, 5.41) is 9.29. The standard InChI is InChI=1S/C14H13ClN2O4S/c1-20-9-12(13-3-2-6-21-13)17-22(18,19)14-7-11(15)5-4-10(14)8-16/h2-7,12,17H,9H2,1H3. The van der Waals surface area contributed by atoms with Crippen molar-refractivity contribution in [2.24, 2.45) is 0 Å². The van der Waals surface area contributed by atoms with E-state index in [4.69, 9.17) is 26.0 Å². The molecule has 8 heteroatoms. The molecule has 1 atom stereocenters. The molecule has 0 aliphatic rings. The third-order valence-corrected chi connectivity index (χ3v) is 4.62. The van der Waals surface area contributed by atoms with Gasteiger partial charge in [0.05, 0.1) is 18.4 Å². The topological polar surface area (TPSA) is 92.3 Å². The number of nitriles is 1. The van der Waals surface area contributed by atoms with Crippen LogP contribution in [0.4, 0.5) is 0 Å². The van der Waals surface area contributed by atoms with Crippen LogP contribution in [-0.2, 0) is 14.8 Å². The molecular formula is C14H13ClN2O4S. The number of sulfonamides is 1. The molecule has 0 bridgehead atoms. The van der Waals surface area contributed by atoms with E-state index in [1.807, 2.05) is 6.07 Å². The molecule has 0 saturated carbocycles. The zero-order valence-electron chi connectivity index (χ0n) is 11.6. The molecule has 0 saturated heterocycles. The van der Waals surface area contributed by atoms with Gasteiger partial charge in [0.15, 0.2) is 0 Å². The summed E-state index contributed by atoms with van der Waals surface area (Å²) in [5.74, 6) is 0.408. The van der Waals surface area contributed by atoms with Gasteiger partial charge in [-0.3, -0.25) is 0 Å². The predicted octanol–water partition coefficient (Wildman–Crippen LogP) is 2.47. The summed E-state index contributed by atoms with van der Waals surface area (Å²) >= 11 is 5.83. The first kappa shape index (κ1) is 16.5. The summed E-state index contributed by atoms with van der Waals surface area (Å²) < 4.78 is 37.7. The van der Waals surface area contributed by atoms with Crippen LogP contribution in [0, 0.1) is 11.3 Å². The zero-order chi connectivity index (χ0) is 16.2. The number of hydrogen-bond donors (Lipinski definition) is 1. The highest BCUT2D eigenvalue weighted by Gasteiger charge is 2.25. The van der Waals surface area contributed by atoms with Gasteiger partial charge in [0, 0.05) is 12.1 Å². The van der Waals surface area contributed by atoms with Crippen molar-refractivity contribution in [3.05, 3.63) is 52.9 Å². The molecule has 1 unspecified atom stereocenters. The van der Waals surface area contributed by atoms with Gasteiger partial charge in [-0.2, -0.15) is 9.98 Å². The van der Waals surface area contributed by atoms with E-state index in [1.165, 1.54) is 31.6 Å². The highest BCUT2D eigenvalue weighted by Crippen LogP contribution is 2.23. The molecule has 1 heterocycles. The fraction of sp³-hybridized carbons (Fsp3) is 0.214. The molecule has 1 N–H and O–H groups in total. The first-order valence-corrected chi connectivity index (χ1v) is 8.08. The van der Waals surface area contributed by atoms with Crippen molar-refractivity contribution >= 4 is 21.6 Å². The van der Waals surface area contributed by atoms with E-state index in [-0.39, 0.29) is 22.1 Å². The van der Waals surface area contributed by atoms with Crippen LogP contribution in [0.15, 0.2) is 45.9 Å². The van der Waals surface area contributed by atoms with Crippen molar-refractivity contribution in [1.82, 2.24) is 4.72 Å². The van der Waals surface area contributed by atoms with Crippen molar-refractivity contribution < 1.29 is 17.6 Å². The van der Waals surface area contributed by atoms with Gasteiger partial charge in [-0.05, 0) is 30.3 Å². The smallest absolute Gasteiger partial charge is 0.242 e. The summed E-state index contributed by atoms with van der Waals surface area (Å²) in [5.41, 5.74) is 0.00696. The van der Waals surface area contributed by atoms with Crippen molar-refractivity contribution in [3.8, 4) is 6.07 Å². The largest absolute Gasteiger partial charge is 0.468 e. The van der Waals surface area contributed by atoms with Crippen LogP contribution in [0.3, 0.4) is 0 Å². The van der Waals surface area contributed by atoms with Crippen LogP contribution in [0.5, 0.6) is 0 Å². The molecular weight excluding hydrogens is 328 g/mol. The Morgan fingerprint density at radius 3 is 2.82 bits per heavy atom. The van der Waals surface area contributed by atoms with Gasteiger partial charge in [-0.15, -0.1) is 0 Å². The average Bonchev–Trinajstić information content (AvgIpc) is 3.01. The van der Waals surface area contributed by atoms with Crippen molar-refractivity contribution in [3.63, 3.8) is 0 Å². The Morgan fingerprint density at radius 2 is 2.23 bits per heavy atom. The molecule has 0 radical (unpaired) electrons. The number of nitrogens with zero attached hydrogens (tertiary/aromatic N) is 1. The number of ether oxygens (including phenoxy) is 1. The molecule has 1 aromatic carbocycles. The molecule has 0 aliphatic heterocycles. The second kappa shape index (κ2) is 6.94. The lowest BCUT2D eigenvalue weighted by Gasteiger charge is -2.16. The Bertz CT molecular complexity index is 782. The number of hydrogen-bond acceptors (Lipinski definition) is 5. The van der Waals surface area contributed by atoms with E-state index in [9.17, 15) is 8.42 Å². The third-order valence-electron chi connectivity index (χ3n) is 2.87. The lowest BCUT2D eigenvalue weighted by molar-refractivity contribution is 0.166. The predicted molar refractivity (Wildman–Crippen MR) is 79.8 cm³/mol. The summed E-state index contributed by atoms with van der Waals surface area (Å²) in [7, 11) is -2.52. The molecule has 116 valence electrons. The summed E-state index contributed by atoms with van der Waals surface area (Å²) in [6.07, 6.45) is 1.44. The van der Waals surface area contributed by atoms with Crippen LogP contribution in [-0.4, -0.2) is 22.1 Å². The van der Waals surface area contributed by atoms with Gasteiger partial charge >= 0.3 is 0 Å². The van der Waals surface area contributed by atoms with Crippen LogP contribution in [0.2, 0.25) is 5.02 Å². The Kier molecular flexibility index (Phi) is 5.21. The van der Waals surface area contributed by atoms with E-state index in [0.29, 0.717) is 5.76 Å². The van der Waals surface area contributed by atoms with Crippen molar-refractivity contribution in [1.29, 1.82) is 5.26 Å².